The van der Waals surface area contributed by atoms with Gasteiger partial charge < -0.3 is 11.1 Å². The maximum absolute atomic E-state index is 13.0. The Hall–Kier alpha value is -1.42. The van der Waals surface area contributed by atoms with Crippen LogP contribution in [0.5, 0.6) is 0 Å². The number of nitrogens with two attached hydrogens (primary N) is 1. The number of halogens is 1. The minimum atomic E-state index is -0.356. The monoisotopic (exact) mass is 196 g/mol. The van der Waals surface area contributed by atoms with Crippen LogP contribution in [-0.4, -0.2) is 12.5 Å². The summed E-state index contributed by atoms with van der Waals surface area (Å²) in [5.74, 6) is -0.592. The van der Waals surface area contributed by atoms with Gasteiger partial charge in [0, 0.05) is 25.1 Å². The van der Waals surface area contributed by atoms with Crippen molar-refractivity contribution in [1.29, 1.82) is 0 Å². The van der Waals surface area contributed by atoms with Crippen LogP contribution in [0.4, 0.5) is 4.39 Å². The van der Waals surface area contributed by atoms with E-state index in [1.54, 1.807) is 18.2 Å². The summed E-state index contributed by atoms with van der Waals surface area (Å²) in [6.45, 7) is 0.892. The summed E-state index contributed by atoms with van der Waals surface area (Å²) in [5.41, 5.74) is 5.54. The second-order valence-electron chi connectivity index (χ2n) is 2.98. The third kappa shape index (κ3) is 3.53. The molecule has 0 spiro atoms. The summed E-state index contributed by atoms with van der Waals surface area (Å²) in [5, 5.41) is 2.93. The number of nitrogens with one attached hydrogen (secondary N) is 1. The lowest BCUT2D eigenvalue weighted by Gasteiger charge is -2.04. The number of carbonyl (C=O) groups excluding carboxylic acids is 1. The Labute approximate surface area is 82.1 Å². The molecule has 0 unspecified atom stereocenters. The van der Waals surface area contributed by atoms with Crippen LogP contribution in [-0.2, 0) is 11.3 Å². The van der Waals surface area contributed by atoms with Gasteiger partial charge in [-0.05, 0) is 6.07 Å². The van der Waals surface area contributed by atoms with Crippen molar-refractivity contribution in [1.82, 2.24) is 5.32 Å². The zero-order chi connectivity index (χ0) is 10.4. The average Bonchev–Trinajstić information content (AvgIpc) is 2.15. The van der Waals surface area contributed by atoms with Gasteiger partial charge in [-0.2, -0.15) is 0 Å². The molecule has 0 saturated heterocycles. The molecule has 1 aromatic carbocycles. The number of hydrogen-bond donors (Lipinski definition) is 2. The number of primary amides is 1. The molecule has 4 heteroatoms. The van der Waals surface area contributed by atoms with Crippen molar-refractivity contribution in [2.24, 2.45) is 5.73 Å². The normalized spacial score (nSPS) is 10.1. The quantitative estimate of drug-likeness (QED) is 0.684. The fourth-order valence-corrected chi connectivity index (χ4v) is 1.08. The molecule has 0 bridgehead atoms. The third-order valence-corrected chi connectivity index (χ3v) is 1.82. The fourth-order valence-electron chi connectivity index (χ4n) is 1.08. The van der Waals surface area contributed by atoms with Crippen molar-refractivity contribution < 1.29 is 9.18 Å². The predicted molar refractivity (Wildman–Crippen MR) is 51.9 cm³/mol. The molecule has 1 aromatic rings. The molecular formula is C10H13FN2O. The molecule has 0 saturated carbocycles. The Morgan fingerprint density at radius 1 is 1.43 bits per heavy atom. The molecule has 0 aliphatic rings. The van der Waals surface area contributed by atoms with Gasteiger partial charge in [0.25, 0.3) is 0 Å². The first kappa shape index (κ1) is 10.7. The largest absolute Gasteiger partial charge is 0.370 e. The van der Waals surface area contributed by atoms with Gasteiger partial charge in [0.1, 0.15) is 5.82 Å². The molecular weight excluding hydrogens is 183 g/mol. The van der Waals surface area contributed by atoms with E-state index in [4.69, 9.17) is 5.73 Å². The molecule has 0 heterocycles. The summed E-state index contributed by atoms with van der Waals surface area (Å²) >= 11 is 0. The second-order valence-corrected chi connectivity index (χ2v) is 2.98. The molecule has 0 atom stereocenters. The molecule has 0 aromatic heterocycles. The minimum Gasteiger partial charge on any atom is -0.370 e. The van der Waals surface area contributed by atoms with E-state index >= 15 is 0 Å². The third-order valence-electron chi connectivity index (χ3n) is 1.82. The van der Waals surface area contributed by atoms with E-state index in [-0.39, 0.29) is 18.1 Å². The topological polar surface area (TPSA) is 55.1 Å². The van der Waals surface area contributed by atoms with E-state index in [0.29, 0.717) is 18.7 Å². The van der Waals surface area contributed by atoms with Gasteiger partial charge in [-0.1, -0.05) is 18.2 Å². The van der Waals surface area contributed by atoms with Crippen LogP contribution in [0.15, 0.2) is 24.3 Å². The van der Waals surface area contributed by atoms with E-state index in [0.717, 1.165) is 0 Å². The van der Waals surface area contributed by atoms with Crippen LogP contribution in [0.2, 0.25) is 0 Å². The van der Waals surface area contributed by atoms with Crippen molar-refractivity contribution >= 4 is 5.91 Å². The van der Waals surface area contributed by atoms with Gasteiger partial charge in [0.15, 0.2) is 0 Å². The Morgan fingerprint density at radius 3 is 2.79 bits per heavy atom. The molecule has 3 nitrogen and oxygen atoms in total. The van der Waals surface area contributed by atoms with Gasteiger partial charge in [-0.15, -0.1) is 0 Å². The van der Waals surface area contributed by atoms with Crippen molar-refractivity contribution in [3.63, 3.8) is 0 Å². The van der Waals surface area contributed by atoms with E-state index in [9.17, 15) is 9.18 Å². The molecule has 14 heavy (non-hydrogen) atoms. The van der Waals surface area contributed by atoms with Gasteiger partial charge in [-0.25, -0.2) is 4.39 Å². The summed E-state index contributed by atoms with van der Waals surface area (Å²) in [6, 6.07) is 6.52. The standard InChI is InChI=1S/C10H13FN2O/c11-9-4-2-1-3-8(9)7-13-6-5-10(12)14/h1-4,13H,5-7H2,(H2,12,14). The van der Waals surface area contributed by atoms with Crippen molar-refractivity contribution in [3.05, 3.63) is 35.6 Å². The van der Waals surface area contributed by atoms with Crippen LogP contribution in [0.1, 0.15) is 12.0 Å². The van der Waals surface area contributed by atoms with E-state index in [2.05, 4.69) is 5.32 Å². The first-order valence-electron chi connectivity index (χ1n) is 4.42. The molecule has 0 aliphatic heterocycles. The highest BCUT2D eigenvalue weighted by molar-refractivity contribution is 5.73. The van der Waals surface area contributed by atoms with Gasteiger partial charge >= 0.3 is 0 Å². The molecule has 0 radical (unpaired) electrons. The molecule has 0 aliphatic carbocycles. The maximum Gasteiger partial charge on any atom is 0.218 e. The number of carbonyl (C=O) groups is 1. The smallest absolute Gasteiger partial charge is 0.218 e. The van der Waals surface area contributed by atoms with Crippen LogP contribution < -0.4 is 11.1 Å². The lowest BCUT2D eigenvalue weighted by atomic mass is 10.2. The minimum absolute atomic E-state index is 0.237. The van der Waals surface area contributed by atoms with Crippen molar-refractivity contribution in [3.8, 4) is 0 Å². The summed E-state index contributed by atoms with van der Waals surface area (Å²) in [6.07, 6.45) is 0.272. The highest BCUT2D eigenvalue weighted by atomic mass is 19.1. The Morgan fingerprint density at radius 2 is 2.14 bits per heavy atom. The SMILES string of the molecule is NC(=O)CCNCc1ccccc1F. The number of amides is 1. The molecule has 0 fully saturated rings. The summed E-state index contributed by atoms with van der Waals surface area (Å²) in [4.78, 5) is 10.4. The first-order chi connectivity index (χ1) is 6.70. The van der Waals surface area contributed by atoms with Crippen LogP contribution in [0.3, 0.4) is 0 Å². The van der Waals surface area contributed by atoms with Crippen LogP contribution >= 0.6 is 0 Å². The van der Waals surface area contributed by atoms with E-state index < -0.39 is 0 Å². The Bertz CT molecular complexity index is 315. The molecule has 1 rings (SSSR count). The van der Waals surface area contributed by atoms with Crippen molar-refractivity contribution in [2.45, 2.75) is 13.0 Å². The predicted octanol–water partition coefficient (Wildman–Crippen LogP) is 0.791. The van der Waals surface area contributed by atoms with Crippen LogP contribution in [0, 0.1) is 5.82 Å². The van der Waals surface area contributed by atoms with E-state index in [1.807, 2.05) is 0 Å². The lowest BCUT2D eigenvalue weighted by molar-refractivity contribution is -0.117. The summed E-state index contributed by atoms with van der Waals surface area (Å²) in [7, 11) is 0. The zero-order valence-corrected chi connectivity index (χ0v) is 7.79. The maximum atomic E-state index is 13.0. The highest BCUT2D eigenvalue weighted by Gasteiger charge is 1.99. The average molecular weight is 196 g/mol. The molecule has 3 N–H and O–H groups in total. The number of rotatable bonds is 5. The second kappa shape index (κ2) is 5.34. The van der Waals surface area contributed by atoms with Crippen molar-refractivity contribution in [2.75, 3.05) is 6.54 Å². The van der Waals surface area contributed by atoms with E-state index in [1.165, 1.54) is 6.07 Å². The van der Waals surface area contributed by atoms with Gasteiger partial charge in [0.2, 0.25) is 5.91 Å². The molecule has 76 valence electrons. The first-order valence-corrected chi connectivity index (χ1v) is 4.42. The Kier molecular flexibility index (Phi) is 4.07. The Balaban J connectivity index is 2.31. The molecule has 1 amide bonds. The number of hydrogen-bond acceptors (Lipinski definition) is 2. The number of benzene rings is 1. The highest BCUT2D eigenvalue weighted by Crippen LogP contribution is 2.04. The lowest BCUT2D eigenvalue weighted by Crippen LogP contribution is -2.21. The summed E-state index contributed by atoms with van der Waals surface area (Å²) < 4.78 is 13.0. The zero-order valence-electron chi connectivity index (χ0n) is 7.79. The van der Waals surface area contributed by atoms with Gasteiger partial charge in [0.05, 0.1) is 0 Å². The fraction of sp³-hybridized carbons (Fsp3) is 0.300. The van der Waals surface area contributed by atoms with Crippen LogP contribution in [0.25, 0.3) is 0 Å². The van der Waals surface area contributed by atoms with Gasteiger partial charge in [-0.3, -0.25) is 4.79 Å².